The SMILES string of the molecule is CC(C)Oc1ccc2ccccc2c1/C=C1/SC(=O)N(CC(=O)c2ccccc2)C1=O. The number of benzene rings is 3. The molecule has 0 radical (unpaired) electrons. The van der Waals surface area contributed by atoms with E-state index in [0.717, 1.165) is 33.0 Å². The Hall–Kier alpha value is -3.38. The first kappa shape index (κ1) is 20.9. The van der Waals surface area contributed by atoms with E-state index in [-0.39, 0.29) is 23.3 Å². The van der Waals surface area contributed by atoms with Crippen molar-refractivity contribution in [1.82, 2.24) is 4.90 Å². The summed E-state index contributed by atoms with van der Waals surface area (Å²) in [4.78, 5) is 39.3. The Balaban J connectivity index is 1.68. The summed E-state index contributed by atoms with van der Waals surface area (Å²) in [6, 6.07) is 20.3. The van der Waals surface area contributed by atoms with Crippen LogP contribution in [0.25, 0.3) is 16.8 Å². The number of hydrogen-bond acceptors (Lipinski definition) is 5. The van der Waals surface area contributed by atoms with E-state index in [9.17, 15) is 14.4 Å². The molecule has 0 atom stereocenters. The number of ether oxygens (including phenoxy) is 1. The highest BCUT2D eigenvalue weighted by molar-refractivity contribution is 8.18. The van der Waals surface area contributed by atoms with E-state index >= 15 is 0 Å². The Kier molecular flexibility index (Phi) is 5.91. The van der Waals surface area contributed by atoms with Crippen LogP contribution in [0.5, 0.6) is 5.75 Å². The Morgan fingerprint density at radius 3 is 2.45 bits per heavy atom. The van der Waals surface area contributed by atoms with E-state index in [4.69, 9.17) is 4.74 Å². The van der Waals surface area contributed by atoms with Crippen molar-refractivity contribution in [3.05, 3.63) is 82.8 Å². The molecule has 3 aromatic rings. The van der Waals surface area contributed by atoms with Gasteiger partial charge in [-0.25, -0.2) is 0 Å². The summed E-state index contributed by atoms with van der Waals surface area (Å²) in [5, 5.41) is 1.48. The maximum Gasteiger partial charge on any atom is 0.293 e. The van der Waals surface area contributed by atoms with Gasteiger partial charge in [0.1, 0.15) is 5.75 Å². The summed E-state index contributed by atoms with van der Waals surface area (Å²) in [7, 11) is 0. The van der Waals surface area contributed by atoms with Gasteiger partial charge in [0, 0.05) is 11.1 Å². The summed E-state index contributed by atoms with van der Waals surface area (Å²) in [6.07, 6.45) is 1.64. The molecular weight excluding hydrogens is 410 g/mol. The molecule has 0 bridgehead atoms. The maximum atomic E-state index is 13.0. The standard InChI is InChI=1S/C25H21NO4S/c1-16(2)30-22-13-12-17-8-6-7-11-19(17)20(22)14-23-24(28)26(25(29)31-23)15-21(27)18-9-4-3-5-10-18/h3-14,16H,15H2,1-2H3/b23-14+. The van der Waals surface area contributed by atoms with Crippen molar-refractivity contribution in [2.24, 2.45) is 0 Å². The lowest BCUT2D eigenvalue weighted by molar-refractivity contribution is -0.122. The first-order valence-corrected chi connectivity index (χ1v) is 10.8. The molecule has 1 fully saturated rings. The predicted octanol–water partition coefficient (Wildman–Crippen LogP) is 5.55. The molecule has 6 heteroatoms. The van der Waals surface area contributed by atoms with Crippen LogP contribution in [-0.4, -0.2) is 34.5 Å². The number of amides is 2. The van der Waals surface area contributed by atoms with E-state index in [2.05, 4.69) is 0 Å². The van der Waals surface area contributed by atoms with Gasteiger partial charge in [-0.3, -0.25) is 19.3 Å². The van der Waals surface area contributed by atoms with Gasteiger partial charge in [-0.1, -0.05) is 60.7 Å². The molecular formula is C25H21NO4S. The molecule has 0 unspecified atom stereocenters. The molecule has 0 spiro atoms. The number of imide groups is 1. The molecule has 1 saturated heterocycles. The van der Waals surface area contributed by atoms with Gasteiger partial charge in [0.25, 0.3) is 11.1 Å². The van der Waals surface area contributed by atoms with Crippen LogP contribution < -0.4 is 4.74 Å². The highest BCUT2D eigenvalue weighted by Gasteiger charge is 2.36. The second-order valence-corrected chi connectivity index (χ2v) is 8.42. The highest BCUT2D eigenvalue weighted by atomic mass is 32.2. The van der Waals surface area contributed by atoms with Crippen LogP contribution in [0.15, 0.2) is 71.6 Å². The van der Waals surface area contributed by atoms with Gasteiger partial charge in [-0.05, 0) is 48.5 Å². The number of nitrogens with zero attached hydrogens (tertiary/aromatic N) is 1. The molecule has 1 heterocycles. The molecule has 2 amide bonds. The fraction of sp³-hybridized carbons (Fsp3) is 0.160. The van der Waals surface area contributed by atoms with Gasteiger partial charge in [0.2, 0.25) is 0 Å². The van der Waals surface area contributed by atoms with E-state index < -0.39 is 11.1 Å². The average molecular weight is 432 g/mol. The summed E-state index contributed by atoms with van der Waals surface area (Å²) in [6.45, 7) is 3.58. The Labute approximate surface area is 184 Å². The van der Waals surface area contributed by atoms with Gasteiger partial charge in [0.15, 0.2) is 5.78 Å². The Morgan fingerprint density at radius 1 is 1.00 bits per heavy atom. The lowest BCUT2D eigenvalue weighted by atomic mass is 10.0. The molecule has 156 valence electrons. The molecule has 31 heavy (non-hydrogen) atoms. The molecule has 5 nitrogen and oxygen atoms in total. The maximum absolute atomic E-state index is 13.0. The van der Waals surface area contributed by atoms with Gasteiger partial charge >= 0.3 is 0 Å². The van der Waals surface area contributed by atoms with Crippen molar-refractivity contribution < 1.29 is 19.1 Å². The summed E-state index contributed by atoms with van der Waals surface area (Å²) in [5.74, 6) is -0.110. The molecule has 0 saturated carbocycles. The highest BCUT2D eigenvalue weighted by Crippen LogP contribution is 2.37. The lowest BCUT2D eigenvalue weighted by Crippen LogP contribution is -2.33. The van der Waals surface area contributed by atoms with Crippen LogP contribution in [-0.2, 0) is 4.79 Å². The van der Waals surface area contributed by atoms with E-state index in [0.29, 0.717) is 11.3 Å². The zero-order chi connectivity index (χ0) is 22.0. The minimum Gasteiger partial charge on any atom is -0.490 e. The predicted molar refractivity (Wildman–Crippen MR) is 123 cm³/mol. The van der Waals surface area contributed by atoms with E-state index in [1.165, 1.54) is 0 Å². The number of fused-ring (bicyclic) bond motifs is 1. The quantitative estimate of drug-likeness (QED) is 0.378. The molecule has 0 aromatic heterocycles. The number of Topliss-reactive ketones (excluding diaryl/α,β-unsaturated/α-hetero) is 1. The summed E-state index contributed by atoms with van der Waals surface area (Å²) < 4.78 is 5.96. The summed E-state index contributed by atoms with van der Waals surface area (Å²) >= 11 is 0.841. The minimum absolute atomic E-state index is 0.0492. The zero-order valence-electron chi connectivity index (χ0n) is 17.2. The van der Waals surface area contributed by atoms with Crippen LogP contribution in [0.1, 0.15) is 29.8 Å². The Morgan fingerprint density at radius 2 is 1.71 bits per heavy atom. The number of carbonyl (C=O) groups excluding carboxylic acids is 3. The molecule has 0 N–H and O–H groups in total. The van der Waals surface area contributed by atoms with Crippen molar-refractivity contribution in [2.75, 3.05) is 6.54 Å². The van der Waals surface area contributed by atoms with Crippen molar-refractivity contribution in [1.29, 1.82) is 0 Å². The van der Waals surface area contributed by atoms with Crippen LogP contribution in [0, 0.1) is 0 Å². The van der Waals surface area contributed by atoms with Crippen molar-refractivity contribution in [2.45, 2.75) is 20.0 Å². The Bertz CT molecular complexity index is 1200. The normalized spacial score (nSPS) is 15.3. The number of carbonyl (C=O) groups is 3. The van der Waals surface area contributed by atoms with Crippen molar-refractivity contribution in [3.63, 3.8) is 0 Å². The fourth-order valence-corrected chi connectivity index (χ4v) is 4.23. The topological polar surface area (TPSA) is 63.7 Å². The van der Waals surface area contributed by atoms with Crippen molar-refractivity contribution >= 4 is 45.5 Å². The number of rotatable bonds is 6. The first-order chi connectivity index (χ1) is 14.9. The smallest absolute Gasteiger partial charge is 0.293 e. The lowest BCUT2D eigenvalue weighted by Gasteiger charge is -2.15. The van der Waals surface area contributed by atoms with Gasteiger partial charge in [-0.15, -0.1) is 0 Å². The van der Waals surface area contributed by atoms with E-state index in [1.54, 1.807) is 36.4 Å². The fourth-order valence-electron chi connectivity index (χ4n) is 3.41. The third kappa shape index (κ3) is 4.39. The van der Waals surface area contributed by atoms with Crippen LogP contribution >= 0.6 is 11.8 Å². The largest absolute Gasteiger partial charge is 0.490 e. The molecule has 1 aliphatic heterocycles. The molecule has 1 aliphatic rings. The van der Waals surface area contributed by atoms with Crippen molar-refractivity contribution in [3.8, 4) is 5.75 Å². The molecule has 4 rings (SSSR count). The van der Waals surface area contributed by atoms with Gasteiger partial charge in [-0.2, -0.15) is 0 Å². The number of thioether (sulfide) groups is 1. The van der Waals surface area contributed by atoms with Crippen LogP contribution in [0.2, 0.25) is 0 Å². The second-order valence-electron chi connectivity index (χ2n) is 7.42. The van der Waals surface area contributed by atoms with Gasteiger partial charge < -0.3 is 4.74 Å². The average Bonchev–Trinajstić information content (AvgIpc) is 3.03. The monoisotopic (exact) mass is 431 g/mol. The summed E-state index contributed by atoms with van der Waals surface area (Å²) in [5.41, 5.74) is 1.21. The number of hydrogen-bond donors (Lipinski definition) is 0. The third-order valence-corrected chi connectivity index (χ3v) is 5.75. The zero-order valence-corrected chi connectivity index (χ0v) is 18.0. The second kappa shape index (κ2) is 8.78. The third-order valence-electron chi connectivity index (χ3n) is 4.84. The minimum atomic E-state index is -0.470. The molecule has 0 aliphatic carbocycles. The molecule has 3 aromatic carbocycles. The number of ketones is 1. The van der Waals surface area contributed by atoms with E-state index in [1.807, 2.05) is 50.2 Å². The van der Waals surface area contributed by atoms with Gasteiger partial charge in [0.05, 0.1) is 17.6 Å². The first-order valence-electron chi connectivity index (χ1n) is 9.96. The van der Waals surface area contributed by atoms with Crippen LogP contribution in [0.4, 0.5) is 4.79 Å². The van der Waals surface area contributed by atoms with Crippen LogP contribution in [0.3, 0.4) is 0 Å².